The molecule has 0 aromatic heterocycles. The summed E-state index contributed by atoms with van der Waals surface area (Å²) in [5.74, 6) is 6.74. The number of hydrogen-bond donors (Lipinski definition) is 1. The molecule has 20 heavy (non-hydrogen) atoms. The highest BCUT2D eigenvalue weighted by Gasteiger charge is 2.07. The van der Waals surface area contributed by atoms with E-state index in [1.54, 1.807) is 0 Å². The van der Waals surface area contributed by atoms with Crippen LogP contribution < -0.4 is 5.32 Å². The zero-order chi connectivity index (χ0) is 13.8. The first-order chi connectivity index (χ1) is 9.84. The van der Waals surface area contributed by atoms with Crippen molar-refractivity contribution in [3.05, 3.63) is 47.5 Å². The number of aryl methyl sites for hydroxylation is 1. The van der Waals surface area contributed by atoms with Crippen molar-refractivity contribution >= 4 is 10.8 Å². The van der Waals surface area contributed by atoms with E-state index in [2.05, 4.69) is 65.4 Å². The monoisotopic (exact) mass is 264 g/mol. The molecular formula is C18H20N2. The van der Waals surface area contributed by atoms with Crippen LogP contribution >= 0.6 is 0 Å². The highest BCUT2D eigenvalue weighted by atomic mass is 15.2. The smallest absolute Gasteiger partial charge is 0.0606 e. The lowest BCUT2D eigenvalue weighted by Gasteiger charge is -2.24. The lowest BCUT2D eigenvalue weighted by atomic mass is 10.0. The summed E-state index contributed by atoms with van der Waals surface area (Å²) in [7, 11) is 0. The van der Waals surface area contributed by atoms with E-state index in [1.807, 2.05) is 0 Å². The second-order valence-corrected chi connectivity index (χ2v) is 5.31. The van der Waals surface area contributed by atoms with E-state index in [0.717, 1.165) is 32.7 Å². The number of piperazine rings is 1. The summed E-state index contributed by atoms with van der Waals surface area (Å²) in [6.45, 7) is 7.36. The van der Waals surface area contributed by atoms with Crippen molar-refractivity contribution in [1.29, 1.82) is 0 Å². The van der Waals surface area contributed by atoms with Gasteiger partial charge in [0.15, 0.2) is 0 Å². The van der Waals surface area contributed by atoms with Gasteiger partial charge in [0, 0.05) is 31.7 Å². The minimum Gasteiger partial charge on any atom is -0.314 e. The summed E-state index contributed by atoms with van der Waals surface area (Å²) in [6, 6.07) is 12.8. The predicted molar refractivity (Wildman–Crippen MR) is 84.9 cm³/mol. The van der Waals surface area contributed by atoms with Gasteiger partial charge in [-0.3, -0.25) is 4.90 Å². The van der Waals surface area contributed by atoms with Gasteiger partial charge in [0.2, 0.25) is 0 Å². The average molecular weight is 264 g/mol. The van der Waals surface area contributed by atoms with Crippen LogP contribution in [0.5, 0.6) is 0 Å². The summed E-state index contributed by atoms with van der Waals surface area (Å²) in [5, 5.41) is 5.90. The Morgan fingerprint density at radius 2 is 1.90 bits per heavy atom. The van der Waals surface area contributed by atoms with Gasteiger partial charge in [0.25, 0.3) is 0 Å². The molecule has 1 aliphatic rings. The van der Waals surface area contributed by atoms with Crippen LogP contribution in [0.2, 0.25) is 0 Å². The first-order valence-electron chi connectivity index (χ1n) is 7.25. The van der Waals surface area contributed by atoms with Gasteiger partial charge in [-0.25, -0.2) is 0 Å². The Morgan fingerprint density at radius 3 is 2.75 bits per heavy atom. The summed E-state index contributed by atoms with van der Waals surface area (Å²) in [5.41, 5.74) is 2.44. The lowest BCUT2D eigenvalue weighted by Crippen LogP contribution is -2.43. The maximum Gasteiger partial charge on any atom is 0.0606 e. The van der Waals surface area contributed by atoms with E-state index in [9.17, 15) is 0 Å². The van der Waals surface area contributed by atoms with E-state index in [-0.39, 0.29) is 0 Å². The molecule has 0 atom stereocenters. The van der Waals surface area contributed by atoms with Gasteiger partial charge in [0.1, 0.15) is 0 Å². The maximum atomic E-state index is 3.39. The predicted octanol–water partition coefficient (Wildman–Crippen LogP) is 2.40. The fraction of sp³-hybridized carbons (Fsp3) is 0.333. The third-order valence-electron chi connectivity index (χ3n) is 3.86. The number of fused-ring (bicyclic) bond motifs is 1. The van der Waals surface area contributed by atoms with E-state index >= 15 is 0 Å². The molecule has 2 nitrogen and oxygen atoms in total. The summed E-state index contributed by atoms with van der Waals surface area (Å²) >= 11 is 0. The van der Waals surface area contributed by atoms with Crippen molar-refractivity contribution in [3.8, 4) is 11.8 Å². The van der Waals surface area contributed by atoms with Crippen molar-refractivity contribution in [1.82, 2.24) is 10.2 Å². The first kappa shape index (κ1) is 13.2. The molecule has 1 fully saturated rings. The van der Waals surface area contributed by atoms with Crippen LogP contribution in [-0.2, 0) is 0 Å². The molecule has 0 bridgehead atoms. The molecule has 0 spiro atoms. The van der Waals surface area contributed by atoms with Crippen molar-refractivity contribution in [3.63, 3.8) is 0 Å². The Balaban J connectivity index is 1.85. The summed E-state index contributed by atoms with van der Waals surface area (Å²) in [6.07, 6.45) is 0. The third-order valence-corrected chi connectivity index (χ3v) is 3.86. The minimum absolute atomic E-state index is 0.865. The van der Waals surface area contributed by atoms with Gasteiger partial charge in [-0.15, -0.1) is 0 Å². The largest absolute Gasteiger partial charge is 0.314 e. The van der Waals surface area contributed by atoms with E-state index < -0.39 is 0 Å². The Labute approximate surface area is 120 Å². The maximum absolute atomic E-state index is 3.39. The van der Waals surface area contributed by atoms with Crippen LogP contribution in [0.1, 0.15) is 11.1 Å². The highest BCUT2D eigenvalue weighted by molar-refractivity contribution is 5.89. The number of benzene rings is 2. The van der Waals surface area contributed by atoms with Crippen LogP contribution in [0.3, 0.4) is 0 Å². The van der Waals surface area contributed by atoms with Crippen LogP contribution in [0.15, 0.2) is 36.4 Å². The van der Waals surface area contributed by atoms with E-state index in [4.69, 9.17) is 0 Å². The van der Waals surface area contributed by atoms with E-state index in [1.165, 1.54) is 21.9 Å². The topological polar surface area (TPSA) is 15.3 Å². The molecule has 0 amide bonds. The molecule has 0 saturated carbocycles. The Hall–Kier alpha value is -1.82. The summed E-state index contributed by atoms with van der Waals surface area (Å²) in [4.78, 5) is 2.41. The molecule has 0 radical (unpaired) electrons. The zero-order valence-corrected chi connectivity index (χ0v) is 11.9. The highest BCUT2D eigenvalue weighted by Crippen LogP contribution is 2.21. The van der Waals surface area contributed by atoms with Crippen molar-refractivity contribution in [2.24, 2.45) is 0 Å². The Bertz CT molecular complexity index is 658. The molecule has 1 aliphatic heterocycles. The van der Waals surface area contributed by atoms with Gasteiger partial charge in [-0.05, 0) is 23.3 Å². The third kappa shape index (κ3) is 2.85. The number of nitrogens with one attached hydrogen (secondary N) is 1. The molecule has 1 saturated heterocycles. The van der Waals surface area contributed by atoms with E-state index in [0.29, 0.717) is 0 Å². The number of nitrogens with zero attached hydrogens (tertiary/aromatic N) is 1. The van der Waals surface area contributed by atoms with Gasteiger partial charge < -0.3 is 5.32 Å². The quantitative estimate of drug-likeness (QED) is 0.796. The molecule has 102 valence electrons. The van der Waals surface area contributed by atoms with Gasteiger partial charge >= 0.3 is 0 Å². The molecule has 3 rings (SSSR count). The van der Waals surface area contributed by atoms with Gasteiger partial charge in [0.05, 0.1) is 6.54 Å². The van der Waals surface area contributed by atoms with Crippen LogP contribution in [0, 0.1) is 18.8 Å². The van der Waals surface area contributed by atoms with Gasteiger partial charge in [-0.2, -0.15) is 0 Å². The molecule has 0 unspecified atom stereocenters. The number of rotatable bonds is 1. The Kier molecular flexibility index (Phi) is 4.01. The summed E-state index contributed by atoms with van der Waals surface area (Å²) < 4.78 is 0. The van der Waals surface area contributed by atoms with Crippen molar-refractivity contribution < 1.29 is 0 Å². The van der Waals surface area contributed by atoms with Crippen LogP contribution in [-0.4, -0.2) is 37.6 Å². The molecule has 1 N–H and O–H groups in total. The fourth-order valence-corrected chi connectivity index (χ4v) is 2.66. The Morgan fingerprint density at radius 1 is 1.10 bits per heavy atom. The minimum atomic E-state index is 0.865. The standard InChI is InChI=1S/C18H20N2/c1-15-8-9-16-5-2-3-6-18(16)17(15)7-4-12-20-13-10-19-11-14-20/h2-3,5-6,8-9,19H,10-14H2,1H3. The molecular weight excluding hydrogens is 244 g/mol. The SMILES string of the molecule is Cc1ccc2ccccc2c1C#CCN1CCNCC1. The molecule has 2 aromatic rings. The lowest BCUT2D eigenvalue weighted by molar-refractivity contribution is 0.268. The van der Waals surface area contributed by atoms with Crippen LogP contribution in [0.4, 0.5) is 0 Å². The second kappa shape index (κ2) is 6.09. The molecule has 1 heterocycles. The van der Waals surface area contributed by atoms with Gasteiger partial charge in [-0.1, -0.05) is 48.2 Å². The average Bonchev–Trinajstić information content (AvgIpc) is 2.50. The zero-order valence-electron chi connectivity index (χ0n) is 11.9. The van der Waals surface area contributed by atoms with Crippen LogP contribution in [0.25, 0.3) is 10.8 Å². The number of hydrogen-bond acceptors (Lipinski definition) is 2. The van der Waals surface area contributed by atoms with Crippen molar-refractivity contribution in [2.45, 2.75) is 6.92 Å². The van der Waals surface area contributed by atoms with Crippen molar-refractivity contribution in [2.75, 3.05) is 32.7 Å². The normalized spacial score (nSPS) is 15.8. The fourth-order valence-electron chi connectivity index (χ4n) is 2.66. The molecule has 2 heteroatoms. The molecule has 0 aliphatic carbocycles. The second-order valence-electron chi connectivity index (χ2n) is 5.31. The molecule has 2 aromatic carbocycles. The first-order valence-corrected chi connectivity index (χ1v) is 7.25.